The fourth-order valence-corrected chi connectivity index (χ4v) is 2.62. The molecule has 3 N–H and O–H groups in total. The highest BCUT2D eigenvalue weighted by atomic mass is 19.2. The lowest BCUT2D eigenvalue weighted by Crippen LogP contribution is -2.54. The highest BCUT2D eigenvalue weighted by molar-refractivity contribution is 5.24. The van der Waals surface area contributed by atoms with Crippen molar-refractivity contribution in [1.82, 2.24) is 10.3 Å². The second kappa shape index (κ2) is 6.41. The Kier molecular flexibility index (Phi) is 5.40. The normalized spacial score (nSPS) is 13.9. The summed E-state index contributed by atoms with van der Waals surface area (Å²) in [5, 5.41) is 0. The van der Waals surface area contributed by atoms with Crippen LogP contribution in [-0.4, -0.2) is 23.5 Å². The van der Waals surface area contributed by atoms with Gasteiger partial charge in [0.2, 0.25) is 0 Å². The number of rotatable bonds is 6. The van der Waals surface area contributed by atoms with E-state index in [1.165, 1.54) is 6.07 Å². The molecule has 3 nitrogen and oxygen atoms in total. The van der Waals surface area contributed by atoms with E-state index in [0.717, 1.165) is 19.2 Å². The minimum atomic E-state index is -0.854. The standard InChI is InChI=1S/C14H23F2N3/c1-5-19(6-2)14(3,4)13(18-17)10-7-8-11(15)12(16)9-10/h7-9,13,18H,5-6,17H2,1-4H3. The highest BCUT2D eigenvalue weighted by Crippen LogP contribution is 2.31. The van der Waals surface area contributed by atoms with Crippen molar-refractivity contribution in [3.63, 3.8) is 0 Å². The van der Waals surface area contributed by atoms with Crippen LogP contribution in [0.5, 0.6) is 0 Å². The zero-order valence-corrected chi connectivity index (χ0v) is 12.0. The smallest absolute Gasteiger partial charge is 0.159 e. The van der Waals surface area contributed by atoms with Gasteiger partial charge in [-0.1, -0.05) is 19.9 Å². The number of hydrazine groups is 1. The lowest BCUT2D eigenvalue weighted by Gasteiger charge is -2.43. The number of nitrogens with two attached hydrogens (primary N) is 1. The van der Waals surface area contributed by atoms with Crippen molar-refractivity contribution in [2.24, 2.45) is 5.84 Å². The van der Waals surface area contributed by atoms with Gasteiger partial charge in [0.15, 0.2) is 11.6 Å². The summed E-state index contributed by atoms with van der Waals surface area (Å²) in [5.41, 5.74) is 3.04. The number of halogens is 2. The molecule has 0 aliphatic rings. The van der Waals surface area contributed by atoms with Gasteiger partial charge in [-0.2, -0.15) is 0 Å². The summed E-state index contributed by atoms with van der Waals surface area (Å²) < 4.78 is 26.4. The van der Waals surface area contributed by atoms with Crippen molar-refractivity contribution in [3.8, 4) is 0 Å². The summed E-state index contributed by atoms with van der Waals surface area (Å²) in [4.78, 5) is 2.22. The van der Waals surface area contributed by atoms with E-state index in [0.29, 0.717) is 5.56 Å². The summed E-state index contributed by atoms with van der Waals surface area (Å²) in [5.74, 6) is 3.93. The summed E-state index contributed by atoms with van der Waals surface area (Å²) in [7, 11) is 0. The molecule has 0 aliphatic carbocycles. The average Bonchev–Trinajstić information content (AvgIpc) is 2.35. The third-order valence-corrected chi connectivity index (χ3v) is 3.73. The Balaban J connectivity index is 3.14. The van der Waals surface area contributed by atoms with Crippen molar-refractivity contribution in [1.29, 1.82) is 0 Å². The monoisotopic (exact) mass is 271 g/mol. The molecule has 0 heterocycles. The van der Waals surface area contributed by atoms with Crippen LogP contribution in [0.3, 0.4) is 0 Å². The first-order valence-electron chi connectivity index (χ1n) is 6.54. The Hall–Kier alpha value is -1.04. The Morgan fingerprint density at radius 1 is 1.21 bits per heavy atom. The molecule has 1 atom stereocenters. The maximum Gasteiger partial charge on any atom is 0.159 e. The molecule has 0 aliphatic heterocycles. The van der Waals surface area contributed by atoms with Crippen LogP contribution in [0.15, 0.2) is 18.2 Å². The average molecular weight is 271 g/mol. The molecule has 0 amide bonds. The molecule has 0 fully saturated rings. The van der Waals surface area contributed by atoms with Crippen LogP contribution in [0.4, 0.5) is 8.78 Å². The first kappa shape index (κ1) is 16.0. The Labute approximate surface area is 113 Å². The number of hydrogen-bond donors (Lipinski definition) is 2. The fraction of sp³-hybridized carbons (Fsp3) is 0.571. The van der Waals surface area contributed by atoms with Gasteiger partial charge in [0, 0.05) is 5.54 Å². The van der Waals surface area contributed by atoms with Crippen molar-refractivity contribution in [2.75, 3.05) is 13.1 Å². The van der Waals surface area contributed by atoms with Crippen molar-refractivity contribution in [2.45, 2.75) is 39.3 Å². The number of benzene rings is 1. The minimum absolute atomic E-state index is 0.289. The molecule has 1 unspecified atom stereocenters. The lowest BCUT2D eigenvalue weighted by molar-refractivity contribution is 0.0911. The topological polar surface area (TPSA) is 41.3 Å². The van der Waals surface area contributed by atoms with Gasteiger partial charge in [0.25, 0.3) is 0 Å². The molecule has 0 aromatic heterocycles. The maximum absolute atomic E-state index is 13.4. The van der Waals surface area contributed by atoms with Gasteiger partial charge >= 0.3 is 0 Å². The molecule has 5 heteroatoms. The largest absolute Gasteiger partial charge is 0.297 e. The third kappa shape index (κ3) is 3.29. The summed E-state index contributed by atoms with van der Waals surface area (Å²) in [6.07, 6.45) is 0. The van der Waals surface area contributed by atoms with E-state index in [-0.39, 0.29) is 11.6 Å². The molecular weight excluding hydrogens is 248 g/mol. The van der Waals surface area contributed by atoms with Crippen LogP contribution in [0.1, 0.15) is 39.3 Å². The van der Waals surface area contributed by atoms with Gasteiger partial charge in [-0.05, 0) is 44.6 Å². The summed E-state index contributed by atoms with van der Waals surface area (Å²) in [6, 6.07) is 3.61. The minimum Gasteiger partial charge on any atom is -0.297 e. The first-order valence-corrected chi connectivity index (χ1v) is 6.54. The zero-order chi connectivity index (χ0) is 14.6. The molecule has 108 valence electrons. The summed E-state index contributed by atoms with van der Waals surface area (Å²) >= 11 is 0. The second-order valence-corrected chi connectivity index (χ2v) is 5.10. The predicted molar refractivity (Wildman–Crippen MR) is 73.4 cm³/mol. The van der Waals surface area contributed by atoms with E-state index in [2.05, 4.69) is 24.2 Å². The van der Waals surface area contributed by atoms with E-state index >= 15 is 0 Å². The number of nitrogens with one attached hydrogen (secondary N) is 1. The predicted octanol–water partition coefficient (Wildman–Crippen LogP) is 2.59. The van der Waals surface area contributed by atoms with Crippen molar-refractivity contribution >= 4 is 0 Å². The van der Waals surface area contributed by atoms with Gasteiger partial charge in [-0.15, -0.1) is 0 Å². The van der Waals surface area contributed by atoms with Crippen LogP contribution >= 0.6 is 0 Å². The van der Waals surface area contributed by atoms with E-state index in [1.54, 1.807) is 6.07 Å². The van der Waals surface area contributed by atoms with Crippen molar-refractivity contribution in [3.05, 3.63) is 35.4 Å². The van der Waals surface area contributed by atoms with Crippen LogP contribution in [0, 0.1) is 11.6 Å². The van der Waals surface area contributed by atoms with Crippen molar-refractivity contribution < 1.29 is 8.78 Å². The molecular formula is C14H23F2N3. The van der Waals surface area contributed by atoms with Gasteiger partial charge in [-0.3, -0.25) is 16.2 Å². The SMILES string of the molecule is CCN(CC)C(C)(C)C(NN)c1ccc(F)c(F)c1. The number of likely N-dealkylation sites (N-methyl/N-ethyl adjacent to an activating group) is 1. The van der Waals surface area contributed by atoms with Gasteiger partial charge in [0.05, 0.1) is 6.04 Å². The molecule has 0 bridgehead atoms. The number of hydrogen-bond acceptors (Lipinski definition) is 3. The van der Waals surface area contributed by atoms with Crippen LogP contribution in [-0.2, 0) is 0 Å². The molecule has 1 rings (SSSR count). The van der Waals surface area contributed by atoms with Crippen LogP contribution in [0.2, 0.25) is 0 Å². The number of nitrogens with zero attached hydrogens (tertiary/aromatic N) is 1. The molecule has 1 aromatic rings. The second-order valence-electron chi connectivity index (χ2n) is 5.10. The summed E-state index contributed by atoms with van der Waals surface area (Å²) in [6.45, 7) is 9.89. The first-order chi connectivity index (χ1) is 8.88. The highest BCUT2D eigenvalue weighted by Gasteiger charge is 2.34. The van der Waals surface area contributed by atoms with Gasteiger partial charge in [-0.25, -0.2) is 8.78 Å². The van der Waals surface area contributed by atoms with Crippen LogP contribution in [0.25, 0.3) is 0 Å². The van der Waals surface area contributed by atoms with Gasteiger partial charge < -0.3 is 0 Å². The molecule has 0 spiro atoms. The molecule has 0 saturated heterocycles. The van der Waals surface area contributed by atoms with E-state index in [4.69, 9.17) is 5.84 Å². The molecule has 0 radical (unpaired) electrons. The molecule has 1 aromatic carbocycles. The fourth-order valence-electron chi connectivity index (χ4n) is 2.62. The Morgan fingerprint density at radius 2 is 1.79 bits per heavy atom. The lowest BCUT2D eigenvalue weighted by atomic mass is 9.87. The quantitative estimate of drug-likeness (QED) is 0.617. The van der Waals surface area contributed by atoms with Crippen LogP contribution < -0.4 is 11.3 Å². The maximum atomic E-state index is 13.4. The van der Waals surface area contributed by atoms with E-state index in [9.17, 15) is 8.78 Å². The Bertz CT molecular complexity index is 417. The third-order valence-electron chi connectivity index (χ3n) is 3.73. The van der Waals surface area contributed by atoms with E-state index < -0.39 is 11.6 Å². The van der Waals surface area contributed by atoms with E-state index in [1.807, 2.05) is 13.8 Å². The zero-order valence-electron chi connectivity index (χ0n) is 12.0. The molecule has 19 heavy (non-hydrogen) atoms. The molecule has 0 saturated carbocycles. The van der Waals surface area contributed by atoms with Gasteiger partial charge in [0.1, 0.15) is 0 Å². The Morgan fingerprint density at radius 3 is 2.21 bits per heavy atom.